The minimum absolute atomic E-state index is 0.199. The fraction of sp³-hybridized carbons (Fsp3) is 0.167. The molecule has 1 aliphatic rings. The van der Waals surface area contributed by atoms with Crippen molar-refractivity contribution in [3.63, 3.8) is 0 Å². The average Bonchev–Trinajstić information content (AvgIpc) is 3.54. The van der Waals surface area contributed by atoms with Crippen molar-refractivity contribution in [2.24, 2.45) is 0 Å². The number of β-amino-alcohol motifs (C(OH)–C–C–N with tert-alkyl or cyclic N) is 1. The number of nitrogens with zero attached hydrogens (tertiary/aromatic N) is 5. The van der Waals surface area contributed by atoms with Gasteiger partial charge in [0.15, 0.2) is 10.8 Å². The van der Waals surface area contributed by atoms with Crippen LogP contribution in [-0.4, -0.2) is 62.0 Å². The molecule has 1 aromatic carbocycles. The van der Waals surface area contributed by atoms with Gasteiger partial charge in [-0.2, -0.15) is 0 Å². The smallest absolute Gasteiger partial charge is 0.254 e. The Morgan fingerprint density at radius 3 is 2.60 bits per heavy atom. The molecule has 0 saturated carbocycles. The summed E-state index contributed by atoms with van der Waals surface area (Å²) in [4.78, 5) is 43.8. The number of ketones is 1. The van der Waals surface area contributed by atoms with Crippen molar-refractivity contribution < 1.29 is 19.1 Å². The van der Waals surface area contributed by atoms with E-state index in [-0.39, 0.29) is 17.9 Å². The van der Waals surface area contributed by atoms with Gasteiger partial charge in [-0.05, 0) is 24.3 Å². The Morgan fingerprint density at radius 2 is 1.86 bits per heavy atom. The van der Waals surface area contributed by atoms with Crippen LogP contribution in [0.2, 0.25) is 0 Å². The molecule has 1 amide bonds. The second kappa shape index (κ2) is 9.65. The highest BCUT2D eigenvalue weighted by Gasteiger charge is 2.33. The van der Waals surface area contributed by atoms with Crippen LogP contribution in [-0.2, 0) is 0 Å². The Kier molecular flexibility index (Phi) is 6.25. The molecule has 1 saturated heterocycles. The number of aromatic nitrogens is 4. The quantitative estimate of drug-likeness (QED) is 0.395. The maximum atomic E-state index is 13.4. The van der Waals surface area contributed by atoms with Crippen LogP contribution in [0.3, 0.4) is 0 Å². The number of aliphatic hydroxyl groups is 1. The molecule has 2 atom stereocenters. The van der Waals surface area contributed by atoms with E-state index in [9.17, 15) is 19.1 Å². The maximum absolute atomic E-state index is 13.4. The lowest BCUT2D eigenvalue weighted by Gasteiger charge is -2.18. The molecule has 4 aromatic rings. The highest BCUT2D eigenvalue weighted by molar-refractivity contribution is 7.11. The first kappa shape index (κ1) is 22.7. The molecule has 1 unspecified atom stereocenters. The first-order valence-electron chi connectivity index (χ1n) is 10.7. The molecule has 4 heterocycles. The van der Waals surface area contributed by atoms with Crippen molar-refractivity contribution >= 4 is 28.8 Å². The van der Waals surface area contributed by atoms with Gasteiger partial charge in [0.05, 0.1) is 17.7 Å². The predicted molar refractivity (Wildman–Crippen MR) is 127 cm³/mol. The van der Waals surface area contributed by atoms with Gasteiger partial charge in [-0.15, -0.1) is 11.3 Å². The third-order valence-corrected chi connectivity index (χ3v) is 6.33. The van der Waals surface area contributed by atoms with E-state index in [0.29, 0.717) is 34.3 Å². The van der Waals surface area contributed by atoms with Crippen LogP contribution in [0.4, 0.5) is 10.2 Å². The lowest BCUT2D eigenvalue weighted by Crippen LogP contribution is -2.43. The normalized spacial score (nSPS) is 17.4. The van der Waals surface area contributed by atoms with Gasteiger partial charge in [0.1, 0.15) is 11.6 Å². The van der Waals surface area contributed by atoms with E-state index in [1.54, 1.807) is 40.7 Å². The Bertz CT molecular complexity index is 1370. The largest absolute Gasteiger partial charge is 0.389 e. The first-order valence-corrected chi connectivity index (χ1v) is 11.6. The standard InChI is InChI=1S/C24H19FN6O3S/c25-17-3-1-2-15(8-17)22-28-10-16(11-29-22)23(34)30-18-12-31(13-19(18)32)20-9-14(4-5-26-20)21(33)24-27-6-7-35-24/h1-11,18-19,32H,12-13H2,(H,30,34)/t18-,19?/m1/s1. The Hall–Kier alpha value is -4.09. The van der Waals surface area contributed by atoms with E-state index in [1.165, 1.54) is 42.1 Å². The summed E-state index contributed by atoms with van der Waals surface area (Å²) < 4.78 is 13.4. The maximum Gasteiger partial charge on any atom is 0.254 e. The lowest BCUT2D eigenvalue weighted by molar-refractivity contribution is 0.0887. The van der Waals surface area contributed by atoms with Gasteiger partial charge >= 0.3 is 0 Å². The number of aliphatic hydroxyl groups excluding tert-OH is 1. The summed E-state index contributed by atoms with van der Waals surface area (Å²) in [6, 6.07) is 8.58. The summed E-state index contributed by atoms with van der Waals surface area (Å²) in [6.07, 6.45) is 4.98. The number of pyridine rings is 1. The Balaban J connectivity index is 1.25. The molecule has 11 heteroatoms. The number of carbonyl (C=O) groups excluding carboxylic acids is 2. The van der Waals surface area contributed by atoms with Crippen LogP contribution in [0.25, 0.3) is 11.4 Å². The molecule has 1 fully saturated rings. The summed E-state index contributed by atoms with van der Waals surface area (Å²) in [7, 11) is 0. The van der Waals surface area contributed by atoms with Crippen molar-refractivity contribution in [3.8, 4) is 11.4 Å². The number of halogens is 1. The number of benzene rings is 1. The van der Waals surface area contributed by atoms with Crippen LogP contribution in [0.1, 0.15) is 25.7 Å². The predicted octanol–water partition coefficient (Wildman–Crippen LogP) is 2.34. The van der Waals surface area contributed by atoms with Crippen molar-refractivity contribution in [2.45, 2.75) is 12.1 Å². The number of anilines is 1. The van der Waals surface area contributed by atoms with Gasteiger partial charge < -0.3 is 15.3 Å². The van der Waals surface area contributed by atoms with Crippen molar-refractivity contribution in [1.82, 2.24) is 25.3 Å². The second-order valence-electron chi connectivity index (χ2n) is 7.93. The van der Waals surface area contributed by atoms with Gasteiger partial charge in [0, 0.05) is 54.4 Å². The molecule has 0 aliphatic carbocycles. The molecule has 5 rings (SSSR count). The van der Waals surface area contributed by atoms with Gasteiger partial charge in [-0.3, -0.25) is 9.59 Å². The zero-order valence-electron chi connectivity index (χ0n) is 18.2. The van der Waals surface area contributed by atoms with Gasteiger partial charge in [-0.1, -0.05) is 12.1 Å². The first-order chi connectivity index (χ1) is 17.0. The van der Waals surface area contributed by atoms with Crippen LogP contribution < -0.4 is 10.2 Å². The van der Waals surface area contributed by atoms with Crippen molar-refractivity contribution in [3.05, 3.63) is 88.5 Å². The van der Waals surface area contributed by atoms with Gasteiger partial charge in [0.2, 0.25) is 5.78 Å². The van der Waals surface area contributed by atoms with Crippen LogP contribution in [0.15, 0.2) is 66.6 Å². The molecule has 1 aliphatic heterocycles. The minimum atomic E-state index is -0.841. The number of hydrogen-bond donors (Lipinski definition) is 2. The highest BCUT2D eigenvalue weighted by atomic mass is 32.1. The number of carbonyl (C=O) groups is 2. The zero-order valence-corrected chi connectivity index (χ0v) is 19.0. The Morgan fingerprint density at radius 1 is 1.03 bits per heavy atom. The molecular formula is C24H19FN6O3S. The minimum Gasteiger partial charge on any atom is -0.389 e. The molecule has 35 heavy (non-hydrogen) atoms. The molecule has 0 bridgehead atoms. The summed E-state index contributed by atoms with van der Waals surface area (Å²) in [5.74, 6) is -0.227. The molecule has 9 nitrogen and oxygen atoms in total. The van der Waals surface area contributed by atoms with Gasteiger partial charge in [-0.25, -0.2) is 24.3 Å². The summed E-state index contributed by atoms with van der Waals surface area (Å²) in [6.45, 7) is 0.541. The molecule has 3 aromatic heterocycles. The third-order valence-electron chi connectivity index (χ3n) is 5.56. The monoisotopic (exact) mass is 490 g/mol. The summed E-state index contributed by atoms with van der Waals surface area (Å²) in [5, 5.41) is 15.5. The van der Waals surface area contributed by atoms with Crippen molar-refractivity contribution in [2.75, 3.05) is 18.0 Å². The number of nitrogens with one attached hydrogen (secondary N) is 1. The van der Waals surface area contributed by atoms with Crippen LogP contribution in [0.5, 0.6) is 0 Å². The zero-order chi connectivity index (χ0) is 24.4. The van der Waals surface area contributed by atoms with E-state index in [1.807, 2.05) is 0 Å². The Labute approximate surface area is 203 Å². The molecular weight excluding hydrogens is 471 g/mol. The van der Waals surface area contributed by atoms with Gasteiger partial charge in [0.25, 0.3) is 5.91 Å². The number of amides is 1. The molecule has 2 N–H and O–H groups in total. The molecule has 0 radical (unpaired) electrons. The number of thiazole rings is 1. The molecule has 176 valence electrons. The topological polar surface area (TPSA) is 121 Å². The highest BCUT2D eigenvalue weighted by Crippen LogP contribution is 2.22. The van der Waals surface area contributed by atoms with E-state index < -0.39 is 23.9 Å². The van der Waals surface area contributed by atoms with Crippen LogP contribution >= 0.6 is 11.3 Å². The van der Waals surface area contributed by atoms with Crippen LogP contribution in [0, 0.1) is 5.82 Å². The SMILES string of the molecule is O=C(N[C@@H]1CN(c2cc(C(=O)c3nccs3)ccn2)CC1O)c1cnc(-c2cccc(F)c2)nc1. The van der Waals surface area contributed by atoms with E-state index in [4.69, 9.17) is 0 Å². The fourth-order valence-corrected chi connectivity index (χ4v) is 4.38. The third kappa shape index (κ3) is 4.91. The van der Waals surface area contributed by atoms with E-state index in [0.717, 1.165) is 0 Å². The number of rotatable bonds is 6. The average molecular weight is 491 g/mol. The number of hydrogen-bond acceptors (Lipinski definition) is 9. The van der Waals surface area contributed by atoms with E-state index >= 15 is 0 Å². The summed E-state index contributed by atoms with van der Waals surface area (Å²) in [5.41, 5.74) is 1.16. The van der Waals surface area contributed by atoms with E-state index in [2.05, 4.69) is 25.3 Å². The molecule has 0 spiro atoms. The van der Waals surface area contributed by atoms with Crippen molar-refractivity contribution in [1.29, 1.82) is 0 Å². The summed E-state index contributed by atoms with van der Waals surface area (Å²) >= 11 is 1.26. The lowest BCUT2D eigenvalue weighted by atomic mass is 10.2. The fourth-order valence-electron chi connectivity index (χ4n) is 3.78. The second-order valence-corrected chi connectivity index (χ2v) is 8.82.